The van der Waals surface area contributed by atoms with Gasteiger partial charge in [0.05, 0.1) is 19.3 Å². The zero-order chi connectivity index (χ0) is 10.6. The van der Waals surface area contributed by atoms with E-state index in [1.54, 1.807) is 14.0 Å². The van der Waals surface area contributed by atoms with E-state index in [9.17, 15) is 5.11 Å². The SMILES string of the molecule is CC#CCCC(O)CCOCCOC. The van der Waals surface area contributed by atoms with Gasteiger partial charge in [-0.3, -0.25) is 0 Å². The van der Waals surface area contributed by atoms with Crippen LogP contribution in [-0.2, 0) is 9.47 Å². The molecule has 0 fully saturated rings. The summed E-state index contributed by atoms with van der Waals surface area (Å²) in [5.41, 5.74) is 0. The average molecular weight is 200 g/mol. The molecule has 0 aromatic heterocycles. The molecule has 0 heterocycles. The summed E-state index contributed by atoms with van der Waals surface area (Å²) in [6.07, 6.45) is 1.87. The zero-order valence-corrected chi connectivity index (χ0v) is 9.08. The molecule has 0 rings (SSSR count). The molecule has 0 spiro atoms. The second-order valence-corrected chi connectivity index (χ2v) is 3.01. The van der Waals surface area contributed by atoms with Crippen molar-refractivity contribution >= 4 is 0 Å². The van der Waals surface area contributed by atoms with Crippen LogP contribution in [0.3, 0.4) is 0 Å². The van der Waals surface area contributed by atoms with Gasteiger partial charge in [0.2, 0.25) is 0 Å². The molecule has 0 aliphatic carbocycles. The van der Waals surface area contributed by atoms with Crippen molar-refractivity contribution in [3.8, 4) is 11.8 Å². The van der Waals surface area contributed by atoms with Crippen molar-refractivity contribution < 1.29 is 14.6 Å². The van der Waals surface area contributed by atoms with Crippen LogP contribution in [0.2, 0.25) is 0 Å². The van der Waals surface area contributed by atoms with Crippen LogP contribution in [0.15, 0.2) is 0 Å². The van der Waals surface area contributed by atoms with Crippen molar-refractivity contribution in [2.24, 2.45) is 0 Å². The molecule has 3 nitrogen and oxygen atoms in total. The molecular formula is C11H20O3. The highest BCUT2D eigenvalue weighted by atomic mass is 16.5. The minimum Gasteiger partial charge on any atom is -0.393 e. The standard InChI is InChI=1S/C11H20O3/c1-3-4-5-6-11(12)7-8-14-10-9-13-2/h11-12H,5-10H2,1-2H3. The Morgan fingerprint density at radius 1 is 1.21 bits per heavy atom. The molecule has 0 radical (unpaired) electrons. The molecule has 14 heavy (non-hydrogen) atoms. The third-order valence-electron chi connectivity index (χ3n) is 1.81. The Bertz CT molecular complexity index is 169. The van der Waals surface area contributed by atoms with Gasteiger partial charge in [0.15, 0.2) is 0 Å². The highest BCUT2D eigenvalue weighted by molar-refractivity contribution is 4.94. The van der Waals surface area contributed by atoms with E-state index in [0.29, 0.717) is 26.2 Å². The summed E-state index contributed by atoms with van der Waals surface area (Å²) in [6.45, 7) is 3.60. The van der Waals surface area contributed by atoms with Crippen molar-refractivity contribution in [3.05, 3.63) is 0 Å². The lowest BCUT2D eigenvalue weighted by atomic mass is 10.1. The van der Waals surface area contributed by atoms with E-state index in [-0.39, 0.29) is 6.10 Å². The van der Waals surface area contributed by atoms with Crippen LogP contribution in [0, 0.1) is 11.8 Å². The summed E-state index contributed by atoms with van der Waals surface area (Å²) in [5.74, 6) is 5.72. The van der Waals surface area contributed by atoms with E-state index >= 15 is 0 Å². The lowest BCUT2D eigenvalue weighted by molar-refractivity contribution is 0.0463. The predicted octanol–water partition coefficient (Wildman–Crippen LogP) is 1.20. The van der Waals surface area contributed by atoms with Crippen molar-refractivity contribution in [3.63, 3.8) is 0 Å². The first-order chi connectivity index (χ1) is 6.81. The Labute approximate surface area is 86.4 Å². The number of hydrogen-bond donors (Lipinski definition) is 1. The molecule has 0 aliphatic rings. The maximum absolute atomic E-state index is 9.45. The molecule has 0 aromatic rings. The smallest absolute Gasteiger partial charge is 0.0700 e. The lowest BCUT2D eigenvalue weighted by Crippen LogP contribution is -2.11. The first-order valence-corrected chi connectivity index (χ1v) is 4.95. The van der Waals surface area contributed by atoms with E-state index in [4.69, 9.17) is 9.47 Å². The van der Waals surface area contributed by atoms with Crippen molar-refractivity contribution in [2.45, 2.75) is 32.3 Å². The summed E-state index contributed by atoms with van der Waals surface area (Å²) < 4.78 is 10.1. The predicted molar refractivity (Wildman–Crippen MR) is 56.0 cm³/mol. The van der Waals surface area contributed by atoms with Crippen molar-refractivity contribution in [1.29, 1.82) is 0 Å². The van der Waals surface area contributed by atoms with Crippen LogP contribution in [0.4, 0.5) is 0 Å². The van der Waals surface area contributed by atoms with Crippen molar-refractivity contribution in [2.75, 3.05) is 26.9 Å². The highest BCUT2D eigenvalue weighted by Gasteiger charge is 2.02. The average Bonchev–Trinajstić information content (AvgIpc) is 2.18. The molecule has 1 unspecified atom stereocenters. The number of methoxy groups -OCH3 is 1. The number of ether oxygens (including phenoxy) is 2. The van der Waals surface area contributed by atoms with Crippen LogP contribution in [0.25, 0.3) is 0 Å². The van der Waals surface area contributed by atoms with Gasteiger partial charge in [-0.25, -0.2) is 0 Å². The fourth-order valence-electron chi connectivity index (χ4n) is 0.972. The first-order valence-electron chi connectivity index (χ1n) is 4.95. The number of aliphatic hydroxyl groups excluding tert-OH is 1. The van der Waals surface area contributed by atoms with E-state index in [2.05, 4.69) is 11.8 Å². The number of rotatable bonds is 8. The fourth-order valence-corrected chi connectivity index (χ4v) is 0.972. The molecule has 82 valence electrons. The van der Waals surface area contributed by atoms with Gasteiger partial charge in [0.25, 0.3) is 0 Å². The van der Waals surface area contributed by atoms with Gasteiger partial charge >= 0.3 is 0 Å². The summed E-state index contributed by atoms with van der Waals surface area (Å²) in [6, 6.07) is 0. The van der Waals surface area contributed by atoms with Gasteiger partial charge in [0.1, 0.15) is 0 Å². The van der Waals surface area contributed by atoms with Crippen LogP contribution in [0.5, 0.6) is 0 Å². The van der Waals surface area contributed by atoms with Crippen LogP contribution >= 0.6 is 0 Å². The Morgan fingerprint density at radius 2 is 2.00 bits per heavy atom. The molecule has 1 atom stereocenters. The fraction of sp³-hybridized carbons (Fsp3) is 0.818. The van der Waals surface area contributed by atoms with E-state index in [1.807, 2.05) is 0 Å². The quantitative estimate of drug-likeness (QED) is 0.473. The van der Waals surface area contributed by atoms with Crippen molar-refractivity contribution in [1.82, 2.24) is 0 Å². The summed E-state index contributed by atoms with van der Waals surface area (Å²) >= 11 is 0. The first kappa shape index (κ1) is 13.4. The molecule has 0 saturated heterocycles. The molecule has 0 amide bonds. The van der Waals surface area contributed by atoms with Gasteiger partial charge in [-0.05, 0) is 19.8 Å². The van der Waals surface area contributed by atoms with Crippen LogP contribution < -0.4 is 0 Å². The van der Waals surface area contributed by atoms with Crippen LogP contribution in [-0.4, -0.2) is 38.1 Å². The number of aliphatic hydroxyl groups is 1. The summed E-state index contributed by atoms with van der Waals surface area (Å²) in [4.78, 5) is 0. The monoisotopic (exact) mass is 200 g/mol. The minimum absolute atomic E-state index is 0.293. The Morgan fingerprint density at radius 3 is 2.64 bits per heavy atom. The lowest BCUT2D eigenvalue weighted by Gasteiger charge is -2.08. The molecule has 0 bridgehead atoms. The maximum atomic E-state index is 9.45. The molecule has 0 aromatic carbocycles. The van der Waals surface area contributed by atoms with E-state index < -0.39 is 0 Å². The summed E-state index contributed by atoms with van der Waals surface area (Å²) in [5, 5.41) is 9.45. The zero-order valence-electron chi connectivity index (χ0n) is 9.08. The minimum atomic E-state index is -0.293. The second-order valence-electron chi connectivity index (χ2n) is 3.01. The second kappa shape index (κ2) is 10.5. The van der Waals surface area contributed by atoms with E-state index in [1.165, 1.54) is 0 Å². The Balaban J connectivity index is 3.16. The van der Waals surface area contributed by atoms with E-state index in [0.717, 1.165) is 12.8 Å². The molecule has 0 aliphatic heterocycles. The summed E-state index contributed by atoms with van der Waals surface area (Å²) in [7, 11) is 1.64. The molecule has 3 heteroatoms. The number of hydrogen-bond acceptors (Lipinski definition) is 3. The van der Waals surface area contributed by atoms with Gasteiger partial charge in [0, 0.05) is 20.1 Å². The largest absolute Gasteiger partial charge is 0.393 e. The Hall–Kier alpha value is -0.560. The molecule has 1 N–H and O–H groups in total. The highest BCUT2D eigenvalue weighted by Crippen LogP contribution is 2.01. The third-order valence-corrected chi connectivity index (χ3v) is 1.81. The van der Waals surface area contributed by atoms with Crippen LogP contribution in [0.1, 0.15) is 26.2 Å². The Kier molecular flexibility index (Phi) is 10.1. The van der Waals surface area contributed by atoms with Gasteiger partial charge < -0.3 is 14.6 Å². The van der Waals surface area contributed by atoms with Gasteiger partial charge in [-0.2, -0.15) is 0 Å². The topological polar surface area (TPSA) is 38.7 Å². The molecule has 0 saturated carbocycles. The maximum Gasteiger partial charge on any atom is 0.0700 e. The molecular weight excluding hydrogens is 180 g/mol. The third kappa shape index (κ3) is 9.53. The van der Waals surface area contributed by atoms with Gasteiger partial charge in [-0.15, -0.1) is 11.8 Å². The normalized spacial score (nSPS) is 11.9. The van der Waals surface area contributed by atoms with Gasteiger partial charge in [-0.1, -0.05) is 0 Å².